The molecular weight excluding hydrogens is 263 g/mol. The zero-order valence-corrected chi connectivity index (χ0v) is 12.2. The molecule has 114 valence electrons. The average Bonchev–Trinajstić information content (AvgIpc) is 2.41. The summed E-state index contributed by atoms with van der Waals surface area (Å²) in [6, 6.07) is 6.45. The Morgan fingerprint density at radius 2 is 1.65 bits per heavy atom. The first-order valence-electron chi connectivity index (χ1n) is 7.36. The Balaban J connectivity index is 2.83. The van der Waals surface area contributed by atoms with E-state index in [-0.39, 0.29) is 11.6 Å². The summed E-state index contributed by atoms with van der Waals surface area (Å²) in [6.07, 6.45) is 0.157. The third kappa shape index (κ3) is 5.53. The molecule has 0 amide bonds. The van der Waals surface area contributed by atoms with Gasteiger partial charge >= 0.3 is 6.18 Å². The summed E-state index contributed by atoms with van der Waals surface area (Å²) >= 11 is 0. The van der Waals surface area contributed by atoms with Crippen molar-refractivity contribution < 1.29 is 13.2 Å². The Bertz CT molecular complexity index is 362. The summed E-state index contributed by atoms with van der Waals surface area (Å²) in [7, 11) is 0. The van der Waals surface area contributed by atoms with E-state index in [4.69, 9.17) is 0 Å². The zero-order valence-electron chi connectivity index (χ0n) is 12.2. The van der Waals surface area contributed by atoms with E-state index in [0.717, 1.165) is 32.1 Å². The van der Waals surface area contributed by atoms with E-state index in [1.807, 2.05) is 6.92 Å². The first-order chi connectivity index (χ1) is 9.49. The minimum Gasteiger partial charge on any atom is -0.300 e. The Morgan fingerprint density at radius 3 is 2.15 bits per heavy atom. The van der Waals surface area contributed by atoms with Gasteiger partial charge in [-0.1, -0.05) is 63.4 Å². The van der Waals surface area contributed by atoms with Crippen LogP contribution in [0.3, 0.4) is 0 Å². The van der Waals surface area contributed by atoms with Crippen LogP contribution >= 0.6 is 0 Å². The van der Waals surface area contributed by atoms with Crippen LogP contribution in [0.15, 0.2) is 30.3 Å². The van der Waals surface area contributed by atoms with Crippen LogP contribution in [0.4, 0.5) is 13.2 Å². The van der Waals surface area contributed by atoms with Crippen LogP contribution in [-0.4, -0.2) is 12.2 Å². The monoisotopic (exact) mass is 287 g/mol. The molecular formula is C16H24F3N. The lowest BCUT2D eigenvalue weighted by molar-refractivity contribution is -0.160. The van der Waals surface area contributed by atoms with Gasteiger partial charge in [0, 0.05) is 6.04 Å². The molecule has 2 atom stereocenters. The van der Waals surface area contributed by atoms with Crippen LogP contribution < -0.4 is 5.32 Å². The fourth-order valence-corrected chi connectivity index (χ4v) is 2.37. The first-order valence-corrected chi connectivity index (χ1v) is 7.36. The minimum absolute atomic E-state index is 0.0771. The van der Waals surface area contributed by atoms with Gasteiger partial charge in [0.25, 0.3) is 0 Å². The molecule has 1 aromatic carbocycles. The van der Waals surface area contributed by atoms with Crippen molar-refractivity contribution in [1.82, 2.24) is 5.32 Å². The molecule has 0 saturated carbocycles. The molecule has 0 saturated heterocycles. The summed E-state index contributed by atoms with van der Waals surface area (Å²) < 4.78 is 39.8. The number of halogens is 3. The molecule has 2 unspecified atom stereocenters. The summed E-state index contributed by atoms with van der Waals surface area (Å²) in [5.74, 6) is 0. The lowest BCUT2D eigenvalue weighted by Gasteiger charge is -2.28. The number of unbranched alkanes of at least 4 members (excludes halogenated alkanes) is 1. The molecule has 0 spiro atoms. The predicted molar refractivity (Wildman–Crippen MR) is 76.6 cm³/mol. The van der Waals surface area contributed by atoms with Crippen LogP contribution in [0.25, 0.3) is 0 Å². The zero-order chi connectivity index (χ0) is 15.0. The smallest absolute Gasteiger partial charge is 0.300 e. The SMILES string of the molecule is CCCCC(CCC)NC(c1ccccc1)C(F)(F)F. The van der Waals surface area contributed by atoms with Gasteiger partial charge in [-0.3, -0.25) is 5.32 Å². The maximum Gasteiger partial charge on any atom is 0.407 e. The van der Waals surface area contributed by atoms with Crippen molar-refractivity contribution in [1.29, 1.82) is 0 Å². The van der Waals surface area contributed by atoms with Crippen LogP contribution in [-0.2, 0) is 0 Å². The predicted octanol–water partition coefficient (Wildman–Crippen LogP) is 5.24. The van der Waals surface area contributed by atoms with Crippen LogP contribution in [0, 0.1) is 0 Å². The second-order valence-corrected chi connectivity index (χ2v) is 5.18. The highest BCUT2D eigenvalue weighted by Gasteiger charge is 2.41. The van der Waals surface area contributed by atoms with Gasteiger partial charge in [-0.05, 0) is 18.4 Å². The lowest BCUT2D eigenvalue weighted by Crippen LogP contribution is -2.40. The number of hydrogen-bond acceptors (Lipinski definition) is 1. The second-order valence-electron chi connectivity index (χ2n) is 5.18. The molecule has 1 N–H and O–H groups in total. The molecule has 0 aliphatic rings. The van der Waals surface area contributed by atoms with Crippen molar-refractivity contribution in [2.24, 2.45) is 0 Å². The number of hydrogen-bond donors (Lipinski definition) is 1. The van der Waals surface area contributed by atoms with Crippen molar-refractivity contribution >= 4 is 0 Å². The molecule has 0 fully saturated rings. The Hall–Kier alpha value is -1.03. The molecule has 0 aliphatic carbocycles. The second kappa shape index (κ2) is 8.30. The van der Waals surface area contributed by atoms with Crippen LogP contribution in [0.5, 0.6) is 0 Å². The highest BCUT2D eigenvalue weighted by atomic mass is 19.4. The summed E-state index contributed by atoms with van der Waals surface area (Å²) in [6.45, 7) is 4.06. The standard InChI is InChI=1S/C16H24F3N/c1-3-5-12-14(9-4-2)20-15(16(17,18)19)13-10-7-6-8-11-13/h6-8,10-11,14-15,20H,3-5,9,12H2,1-2H3. The van der Waals surface area contributed by atoms with E-state index in [0.29, 0.717) is 0 Å². The fourth-order valence-electron chi connectivity index (χ4n) is 2.37. The molecule has 0 aromatic heterocycles. The lowest BCUT2D eigenvalue weighted by atomic mass is 10.0. The van der Waals surface area contributed by atoms with E-state index >= 15 is 0 Å². The Labute approximate surface area is 119 Å². The van der Waals surface area contributed by atoms with Crippen molar-refractivity contribution in [3.05, 3.63) is 35.9 Å². The highest BCUT2D eigenvalue weighted by molar-refractivity contribution is 5.20. The van der Waals surface area contributed by atoms with Gasteiger partial charge in [0.05, 0.1) is 0 Å². The molecule has 1 aromatic rings. The van der Waals surface area contributed by atoms with Crippen molar-refractivity contribution in [2.45, 2.75) is 64.2 Å². The Morgan fingerprint density at radius 1 is 1.00 bits per heavy atom. The number of rotatable bonds is 8. The van der Waals surface area contributed by atoms with Crippen molar-refractivity contribution in [2.75, 3.05) is 0 Å². The molecule has 0 radical (unpaired) electrons. The fraction of sp³-hybridized carbons (Fsp3) is 0.625. The van der Waals surface area contributed by atoms with E-state index in [2.05, 4.69) is 12.2 Å². The van der Waals surface area contributed by atoms with Gasteiger partial charge in [-0.25, -0.2) is 0 Å². The largest absolute Gasteiger partial charge is 0.407 e. The Kier molecular flexibility index (Phi) is 7.06. The highest BCUT2D eigenvalue weighted by Crippen LogP contribution is 2.33. The molecule has 0 aliphatic heterocycles. The van der Waals surface area contributed by atoms with Crippen molar-refractivity contribution in [3.8, 4) is 0 Å². The summed E-state index contributed by atoms with van der Waals surface area (Å²) in [4.78, 5) is 0. The van der Waals surface area contributed by atoms with Gasteiger partial charge in [0.15, 0.2) is 0 Å². The van der Waals surface area contributed by atoms with Gasteiger partial charge in [0.2, 0.25) is 0 Å². The van der Waals surface area contributed by atoms with Gasteiger partial charge in [-0.2, -0.15) is 13.2 Å². The van der Waals surface area contributed by atoms with E-state index in [1.54, 1.807) is 18.2 Å². The molecule has 1 rings (SSSR count). The van der Waals surface area contributed by atoms with E-state index in [9.17, 15) is 13.2 Å². The van der Waals surface area contributed by atoms with Gasteiger partial charge in [-0.15, -0.1) is 0 Å². The van der Waals surface area contributed by atoms with Crippen LogP contribution in [0.1, 0.15) is 57.6 Å². The molecule has 20 heavy (non-hydrogen) atoms. The summed E-state index contributed by atoms with van der Waals surface area (Å²) in [5, 5.41) is 2.82. The third-order valence-corrected chi connectivity index (χ3v) is 3.41. The molecule has 0 heterocycles. The number of alkyl halides is 3. The maximum atomic E-state index is 13.3. The minimum atomic E-state index is -4.26. The topological polar surface area (TPSA) is 12.0 Å². The van der Waals surface area contributed by atoms with Crippen molar-refractivity contribution in [3.63, 3.8) is 0 Å². The molecule has 1 nitrogen and oxygen atoms in total. The van der Waals surface area contributed by atoms with E-state index < -0.39 is 12.2 Å². The average molecular weight is 287 g/mol. The number of benzene rings is 1. The maximum absolute atomic E-state index is 13.3. The molecule has 4 heteroatoms. The quantitative estimate of drug-likeness (QED) is 0.689. The van der Waals surface area contributed by atoms with E-state index in [1.165, 1.54) is 12.1 Å². The molecule has 0 bridgehead atoms. The first kappa shape index (κ1) is 17.0. The summed E-state index contributed by atoms with van der Waals surface area (Å²) in [5.41, 5.74) is 0.289. The normalized spacial score (nSPS) is 15.1. The van der Waals surface area contributed by atoms with Gasteiger partial charge < -0.3 is 0 Å². The number of nitrogens with one attached hydrogen (secondary N) is 1. The van der Waals surface area contributed by atoms with Gasteiger partial charge in [0.1, 0.15) is 6.04 Å². The third-order valence-electron chi connectivity index (χ3n) is 3.41. The van der Waals surface area contributed by atoms with Crippen LogP contribution in [0.2, 0.25) is 0 Å².